The average molecular weight is 490 g/mol. The molecule has 1 atom stereocenters. The highest BCUT2D eigenvalue weighted by atomic mass is 32.2. The predicted molar refractivity (Wildman–Crippen MR) is 126 cm³/mol. The molecule has 1 aliphatic rings. The van der Waals surface area contributed by atoms with Crippen molar-refractivity contribution < 1.29 is 18.3 Å². The Balaban J connectivity index is 1.28. The third-order valence-electron chi connectivity index (χ3n) is 6.91. The highest BCUT2D eigenvalue weighted by Crippen LogP contribution is 2.40. The summed E-state index contributed by atoms with van der Waals surface area (Å²) in [5, 5.41) is 14.7. The van der Waals surface area contributed by atoms with Gasteiger partial charge in [0.2, 0.25) is 0 Å². The van der Waals surface area contributed by atoms with Gasteiger partial charge >= 0.3 is 6.18 Å². The summed E-state index contributed by atoms with van der Waals surface area (Å²) in [7, 11) is 0. The number of thioether (sulfide) groups is 1. The number of H-pyrrole nitrogens is 1. The Morgan fingerprint density at radius 3 is 2.47 bits per heavy atom. The van der Waals surface area contributed by atoms with Crippen LogP contribution in [0.2, 0.25) is 0 Å². The number of fused-ring (bicyclic) bond motifs is 3. The normalized spacial score (nSPS) is 21.2. The first-order valence-corrected chi connectivity index (χ1v) is 12.5. The van der Waals surface area contributed by atoms with E-state index >= 15 is 0 Å². The van der Waals surface area contributed by atoms with Gasteiger partial charge in [-0.2, -0.15) is 13.2 Å². The number of nitrogens with zero attached hydrogens (tertiary/aromatic N) is 3. The summed E-state index contributed by atoms with van der Waals surface area (Å²) in [6.07, 6.45) is 5.47. The van der Waals surface area contributed by atoms with Crippen molar-refractivity contribution >= 4 is 28.3 Å². The van der Waals surface area contributed by atoms with Gasteiger partial charge in [-0.3, -0.25) is 4.40 Å². The van der Waals surface area contributed by atoms with Gasteiger partial charge in [0.15, 0.2) is 5.60 Å². The standard InChI is InChI=1S/C24H26F3N5OS/c1-34-18-8-4-16(5-9-18)23(33,24(25,26)27)12-29-17-6-2-15(3-7-17)20-21-19-10-11-28-22(19)31-14-32(21)13-30-20/h4-5,8-11,13-15,17,28-29,33H,2-3,6-7,12H2,1H3/t15-,17-,23?. The van der Waals surface area contributed by atoms with Gasteiger partial charge < -0.3 is 15.4 Å². The molecular formula is C24H26F3N5OS. The summed E-state index contributed by atoms with van der Waals surface area (Å²) >= 11 is 1.44. The lowest BCUT2D eigenvalue weighted by Gasteiger charge is -2.35. The van der Waals surface area contributed by atoms with Crippen molar-refractivity contribution in [2.45, 2.75) is 54.3 Å². The fraction of sp³-hybridized carbons (Fsp3) is 0.417. The molecule has 3 aromatic heterocycles. The minimum atomic E-state index is -4.79. The van der Waals surface area contributed by atoms with E-state index in [0.29, 0.717) is 12.8 Å². The number of hydrogen-bond donors (Lipinski definition) is 3. The van der Waals surface area contributed by atoms with Crippen LogP contribution in [0.15, 0.2) is 54.1 Å². The van der Waals surface area contributed by atoms with Crippen LogP contribution >= 0.6 is 11.8 Å². The first-order chi connectivity index (χ1) is 16.3. The first kappa shape index (κ1) is 23.2. The van der Waals surface area contributed by atoms with Crippen LogP contribution in [0.25, 0.3) is 16.6 Å². The molecule has 34 heavy (non-hydrogen) atoms. The molecule has 0 spiro atoms. The molecule has 0 saturated heterocycles. The lowest BCUT2D eigenvalue weighted by atomic mass is 9.83. The Morgan fingerprint density at radius 1 is 1.09 bits per heavy atom. The number of aromatic nitrogens is 4. The smallest absolute Gasteiger partial charge is 0.375 e. The zero-order valence-corrected chi connectivity index (χ0v) is 19.5. The Hall–Kier alpha value is -2.56. The molecule has 0 radical (unpaired) electrons. The second-order valence-electron chi connectivity index (χ2n) is 8.89. The lowest BCUT2D eigenvalue weighted by Crippen LogP contribution is -2.52. The van der Waals surface area contributed by atoms with Crippen LogP contribution in [0.1, 0.15) is 42.9 Å². The molecule has 10 heteroatoms. The number of benzene rings is 1. The van der Waals surface area contributed by atoms with Gasteiger partial charge in [0.1, 0.15) is 18.3 Å². The molecule has 0 aliphatic heterocycles. The maximum Gasteiger partial charge on any atom is 0.422 e. The van der Waals surface area contributed by atoms with Crippen molar-refractivity contribution in [2.75, 3.05) is 12.8 Å². The zero-order chi connectivity index (χ0) is 23.9. The Labute approximate surface area is 199 Å². The van der Waals surface area contributed by atoms with E-state index in [0.717, 1.165) is 40.0 Å². The van der Waals surface area contributed by atoms with E-state index in [2.05, 4.69) is 20.3 Å². The number of rotatable bonds is 6. The molecule has 3 heterocycles. The Bertz CT molecular complexity index is 1280. The maximum absolute atomic E-state index is 13.9. The highest BCUT2D eigenvalue weighted by Gasteiger charge is 2.55. The molecule has 3 N–H and O–H groups in total. The largest absolute Gasteiger partial charge is 0.422 e. The van der Waals surface area contributed by atoms with E-state index < -0.39 is 18.3 Å². The van der Waals surface area contributed by atoms with Crippen LogP contribution in [-0.2, 0) is 5.60 Å². The highest BCUT2D eigenvalue weighted by molar-refractivity contribution is 7.98. The van der Waals surface area contributed by atoms with Gasteiger partial charge in [-0.25, -0.2) is 9.97 Å². The van der Waals surface area contributed by atoms with E-state index in [9.17, 15) is 18.3 Å². The van der Waals surface area contributed by atoms with Crippen LogP contribution < -0.4 is 5.32 Å². The van der Waals surface area contributed by atoms with E-state index in [-0.39, 0.29) is 17.5 Å². The second kappa shape index (κ2) is 8.90. The number of imidazole rings is 1. The number of hydrogen-bond acceptors (Lipinski definition) is 5. The van der Waals surface area contributed by atoms with Crippen molar-refractivity contribution in [3.63, 3.8) is 0 Å². The fourth-order valence-electron chi connectivity index (χ4n) is 4.91. The summed E-state index contributed by atoms with van der Waals surface area (Å²) in [6, 6.07) is 7.82. The van der Waals surface area contributed by atoms with E-state index in [1.165, 1.54) is 23.9 Å². The number of nitrogens with one attached hydrogen (secondary N) is 2. The molecule has 180 valence electrons. The monoisotopic (exact) mass is 489 g/mol. The van der Waals surface area contributed by atoms with E-state index in [1.807, 2.05) is 22.9 Å². The molecule has 0 amide bonds. The summed E-state index contributed by atoms with van der Waals surface area (Å²) in [4.78, 5) is 13.0. The topological polar surface area (TPSA) is 78.2 Å². The third-order valence-corrected chi connectivity index (χ3v) is 7.65. The number of aromatic amines is 1. The Morgan fingerprint density at radius 2 is 1.79 bits per heavy atom. The van der Waals surface area contributed by atoms with Crippen molar-refractivity contribution in [2.24, 2.45) is 0 Å². The molecule has 0 bridgehead atoms. The fourth-order valence-corrected chi connectivity index (χ4v) is 5.32. The minimum Gasteiger partial charge on any atom is -0.375 e. The van der Waals surface area contributed by atoms with Gasteiger partial charge in [-0.15, -0.1) is 11.8 Å². The van der Waals surface area contributed by atoms with Gasteiger partial charge in [0.05, 0.1) is 11.2 Å². The molecule has 1 aromatic carbocycles. The number of alkyl halides is 3. The van der Waals surface area contributed by atoms with Gasteiger partial charge in [-0.05, 0) is 55.7 Å². The summed E-state index contributed by atoms with van der Waals surface area (Å²) < 4.78 is 43.6. The van der Waals surface area contributed by atoms with Crippen LogP contribution in [-0.4, -0.2) is 49.5 Å². The number of aliphatic hydroxyl groups is 1. The lowest BCUT2D eigenvalue weighted by molar-refractivity contribution is -0.264. The van der Waals surface area contributed by atoms with Crippen LogP contribution in [0.3, 0.4) is 0 Å². The number of halogens is 3. The van der Waals surface area contributed by atoms with Crippen LogP contribution in [0, 0.1) is 0 Å². The van der Waals surface area contributed by atoms with Gasteiger partial charge in [0, 0.05) is 35.0 Å². The maximum atomic E-state index is 13.9. The summed E-state index contributed by atoms with van der Waals surface area (Å²) in [6.45, 7) is -0.576. The van der Waals surface area contributed by atoms with Crippen molar-refractivity contribution in [3.8, 4) is 0 Å². The van der Waals surface area contributed by atoms with E-state index in [1.54, 1.807) is 24.8 Å². The van der Waals surface area contributed by atoms with Gasteiger partial charge in [-0.1, -0.05) is 12.1 Å². The third kappa shape index (κ3) is 4.08. The van der Waals surface area contributed by atoms with Crippen LogP contribution in [0.4, 0.5) is 13.2 Å². The second-order valence-corrected chi connectivity index (χ2v) is 9.77. The van der Waals surface area contributed by atoms with E-state index in [4.69, 9.17) is 0 Å². The molecule has 6 nitrogen and oxygen atoms in total. The van der Waals surface area contributed by atoms with Crippen molar-refractivity contribution in [1.29, 1.82) is 0 Å². The SMILES string of the molecule is CSc1ccc(C(O)(CN[C@H]2CC[C@H](c3ncn4cnc5[nH]ccc5c34)CC2)C(F)(F)F)cc1. The molecule has 1 saturated carbocycles. The molecular weight excluding hydrogens is 463 g/mol. The molecule has 4 aromatic rings. The molecule has 1 unspecified atom stereocenters. The molecule has 1 aliphatic carbocycles. The van der Waals surface area contributed by atoms with Gasteiger partial charge in [0.25, 0.3) is 0 Å². The van der Waals surface area contributed by atoms with Crippen LogP contribution in [0.5, 0.6) is 0 Å². The summed E-state index contributed by atoms with van der Waals surface area (Å²) in [5.74, 6) is 0.226. The zero-order valence-electron chi connectivity index (χ0n) is 18.6. The minimum absolute atomic E-state index is 0.0987. The molecule has 1 fully saturated rings. The average Bonchev–Trinajstić information content (AvgIpc) is 3.49. The molecule has 5 rings (SSSR count). The first-order valence-electron chi connectivity index (χ1n) is 11.3. The quantitative estimate of drug-likeness (QED) is 0.332. The Kier molecular flexibility index (Phi) is 6.07. The summed E-state index contributed by atoms with van der Waals surface area (Å²) in [5.41, 5.74) is -0.239. The van der Waals surface area contributed by atoms with Crippen molar-refractivity contribution in [3.05, 3.63) is 60.4 Å². The van der Waals surface area contributed by atoms with Crippen molar-refractivity contribution in [1.82, 2.24) is 24.7 Å². The predicted octanol–water partition coefficient (Wildman–Crippen LogP) is 5.00.